The maximum Gasteiger partial charge on any atom is 0.319 e. The molecule has 484 valence electrons. The normalized spacial score (nSPS) is 14.6. The van der Waals surface area contributed by atoms with E-state index in [4.69, 9.17) is 66.2 Å². The Morgan fingerprint density at radius 2 is 1.12 bits per heavy atom. The first-order chi connectivity index (χ1) is 42.3. The average Bonchev–Trinajstić information content (AvgIpc) is 2.27. The zero-order valence-corrected chi connectivity index (χ0v) is 52.4. The highest BCUT2D eigenvalue weighted by Crippen LogP contribution is 2.46. The van der Waals surface area contributed by atoms with Crippen LogP contribution in [0.3, 0.4) is 0 Å². The lowest BCUT2D eigenvalue weighted by Crippen LogP contribution is -2.49. The van der Waals surface area contributed by atoms with Gasteiger partial charge in [0.15, 0.2) is 5.69 Å². The number of nitrogens with one attached hydrogen (secondary N) is 3. The number of nitrogens with zero attached hydrogens (tertiary/aromatic N) is 7. The number of rotatable bonds is 34. The highest BCUT2D eigenvalue weighted by atomic mass is 35.5. The van der Waals surface area contributed by atoms with Crippen LogP contribution in [0.25, 0.3) is 28.1 Å². The molecule has 0 unspecified atom stereocenters. The first-order valence-electron chi connectivity index (χ1n) is 29.2. The second-order valence-corrected chi connectivity index (χ2v) is 22.5. The van der Waals surface area contributed by atoms with Crippen LogP contribution in [0.1, 0.15) is 36.8 Å². The second kappa shape index (κ2) is 36.8. The van der Waals surface area contributed by atoms with Crippen molar-refractivity contribution in [3.05, 3.63) is 75.9 Å². The Hall–Kier alpha value is -6.53. The number of urea groups is 1. The summed E-state index contributed by atoms with van der Waals surface area (Å²) in [6, 6.07) is 15.8. The Kier molecular flexibility index (Phi) is 29.5. The number of amides is 4. The Morgan fingerprint density at radius 1 is 0.648 bits per heavy atom. The number of carboxylic acid groups (broad SMARTS) is 2. The van der Waals surface area contributed by atoms with E-state index in [-0.39, 0.29) is 70.1 Å². The third-order valence-corrected chi connectivity index (χ3v) is 14.7. The molecule has 3 aromatic carbocycles. The molecule has 2 aliphatic rings. The third kappa shape index (κ3) is 23.4. The molecule has 0 saturated carbocycles. The number of anilines is 1. The number of methoxy groups -OCH3 is 1. The monoisotopic (exact) mass is 1270 g/mol. The van der Waals surface area contributed by atoms with Crippen molar-refractivity contribution in [2.45, 2.75) is 32.9 Å². The van der Waals surface area contributed by atoms with Crippen molar-refractivity contribution in [1.29, 1.82) is 0 Å². The van der Waals surface area contributed by atoms with Crippen molar-refractivity contribution in [3.8, 4) is 39.6 Å². The number of hydrogen-bond acceptors (Lipinski definition) is 19. The number of aromatic nitrogens is 2. The number of fused-ring (bicyclic) bond motifs is 3. The Bertz CT molecular complexity index is 2880. The summed E-state index contributed by atoms with van der Waals surface area (Å²) in [7, 11) is 3.32. The van der Waals surface area contributed by atoms with Crippen molar-refractivity contribution in [1.82, 2.24) is 44.9 Å². The molecule has 2 aliphatic heterocycles. The predicted octanol–water partition coefficient (Wildman–Crippen LogP) is 4.21. The molecule has 0 bridgehead atoms. The number of carbonyl (C=O) groups excluding carboxylic acids is 4. The molecule has 0 spiro atoms. The second-order valence-electron chi connectivity index (χ2n) is 21.7. The molecule has 4 aromatic rings. The van der Waals surface area contributed by atoms with Gasteiger partial charge >= 0.3 is 18.0 Å². The summed E-state index contributed by atoms with van der Waals surface area (Å²) in [6.07, 6.45) is 0.797. The summed E-state index contributed by atoms with van der Waals surface area (Å²) in [5.41, 5.74) is 4.40. The highest BCUT2D eigenvalue weighted by Gasteiger charge is 2.35. The quantitative estimate of drug-likeness (QED) is 0.0323. The molecule has 1 saturated heterocycles. The van der Waals surface area contributed by atoms with E-state index in [1.807, 2.05) is 54.8 Å². The molecular formula is C60H84Cl2N10O16. The Labute approximate surface area is 523 Å². The molecule has 28 heteroatoms. The van der Waals surface area contributed by atoms with Crippen LogP contribution < -0.4 is 25.4 Å². The largest absolute Gasteiger partial charge is 0.496 e. The Morgan fingerprint density at radius 3 is 1.60 bits per heavy atom. The third-order valence-electron chi connectivity index (χ3n) is 14.3. The topological polar surface area (TPSA) is 287 Å². The smallest absolute Gasteiger partial charge is 0.319 e. The SMILES string of the molecule is COc1cc2c(cc1-c1ccc(NC(=O)NCCOCCOCCOCCOCCOCCOCCNC(=O)CN3CCN(CC=O)CCN(CC(=O)O)CCN(CC(=O)O)CC3)cc1)-c1c(c(C(=O)N(C)C(C)(C)C)nn1-c1cc(Cl)cc(Cl)c1)CO2. The fraction of sp³-hybridized carbons (Fsp3) is 0.550. The maximum absolute atomic E-state index is 14.0. The molecule has 1 aromatic heterocycles. The van der Waals surface area contributed by atoms with Gasteiger partial charge in [0.25, 0.3) is 5.91 Å². The summed E-state index contributed by atoms with van der Waals surface area (Å²) >= 11 is 12.9. The minimum Gasteiger partial charge on any atom is -0.496 e. The average molecular weight is 1270 g/mol. The van der Waals surface area contributed by atoms with Crippen molar-refractivity contribution < 1.29 is 76.9 Å². The lowest BCUT2D eigenvalue weighted by atomic mass is 9.95. The minimum atomic E-state index is -0.995. The van der Waals surface area contributed by atoms with Crippen LogP contribution in [0.15, 0.2) is 54.6 Å². The molecule has 4 amide bonds. The van der Waals surface area contributed by atoms with Gasteiger partial charge in [0, 0.05) is 117 Å². The fourth-order valence-corrected chi connectivity index (χ4v) is 9.86. The number of hydrogen-bond donors (Lipinski definition) is 5. The van der Waals surface area contributed by atoms with Gasteiger partial charge in [-0.1, -0.05) is 35.3 Å². The van der Waals surface area contributed by atoms with Gasteiger partial charge in [-0.15, -0.1) is 0 Å². The summed E-state index contributed by atoms with van der Waals surface area (Å²) in [4.78, 5) is 82.9. The molecule has 0 atom stereocenters. The van der Waals surface area contributed by atoms with Crippen molar-refractivity contribution >= 4 is 65.0 Å². The van der Waals surface area contributed by atoms with E-state index in [1.54, 1.807) is 63.9 Å². The van der Waals surface area contributed by atoms with Gasteiger partial charge in [0.05, 0.1) is 124 Å². The standard InChI is InChI=1S/C60H84Cl2N10O16/c1-60(2,3)67(4)58(79)56-50-42-88-52-38-51(81-5)48(37-49(52)57(50)72(66-56)47-35-44(61)34-45(62)36-47)43-6-8-46(9-7-43)65-59(80)64-11-23-83-25-27-85-29-31-87-33-32-86-30-28-84-26-24-82-22-10-63-53(74)39-69-14-12-68(20-21-73)13-15-70(40-54(75)76)18-19-71(17-16-69)41-55(77)78/h6-9,21,34-38H,10-20,22-33,39-42H2,1-5H3,(H,63,74)(H,75,76)(H,77,78)(H2,64,65,80). The van der Waals surface area contributed by atoms with E-state index in [0.29, 0.717) is 175 Å². The number of carboxylic acids is 2. The van der Waals surface area contributed by atoms with Gasteiger partial charge in [-0.05, 0) is 62.7 Å². The zero-order chi connectivity index (χ0) is 63.4. The fourth-order valence-electron chi connectivity index (χ4n) is 9.35. The van der Waals surface area contributed by atoms with Crippen LogP contribution in [0.2, 0.25) is 10.0 Å². The summed E-state index contributed by atoms with van der Waals surface area (Å²) in [6.45, 7) is 13.8. The number of benzene rings is 3. The van der Waals surface area contributed by atoms with Crippen LogP contribution in [0, 0.1) is 0 Å². The van der Waals surface area contributed by atoms with E-state index in [1.165, 1.54) is 0 Å². The van der Waals surface area contributed by atoms with Gasteiger partial charge < -0.3 is 73.8 Å². The van der Waals surface area contributed by atoms with E-state index in [0.717, 1.165) is 17.4 Å². The first kappa shape index (κ1) is 70.6. The predicted molar refractivity (Wildman–Crippen MR) is 329 cm³/mol. The summed E-state index contributed by atoms with van der Waals surface area (Å²) in [5, 5.41) is 33.0. The van der Waals surface area contributed by atoms with Gasteiger partial charge in [0.1, 0.15) is 24.4 Å². The molecule has 26 nitrogen and oxygen atoms in total. The summed E-state index contributed by atoms with van der Waals surface area (Å²) in [5.74, 6) is -1.35. The maximum atomic E-state index is 14.0. The molecule has 88 heavy (non-hydrogen) atoms. The van der Waals surface area contributed by atoms with E-state index < -0.39 is 23.5 Å². The van der Waals surface area contributed by atoms with Gasteiger partial charge in [-0.25, -0.2) is 9.48 Å². The van der Waals surface area contributed by atoms with Crippen LogP contribution in [-0.2, 0) is 54.2 Å². The van der Waals surface area contributed by atoms with Crippen molar-refractivity contribution in [2.75, 3.05) is 190 Å². The molecule has 0 radical (unpaired) electrons. The molecule has 5 N–H and O–H groups in total. The zero-order valence-electron chi connectivity index (χ0n) is 50.9. The van der Waals surface area contributed by atoms with Crippen LogP contribution in [0.5, 0.6) is 11.5 Å². The number of aldehydes is 1. The van der Waals surface area contributed by atoms with Crippen LogP contribution in [-0.4, -0.2) is 271 Å². The number of aliphatic carboxylic acids is 2. The lowest BCUT2D eigenvalue weighted by molar-refractivity contribution is -0.140. The highest BCUT2D eigenvalue weighted by molar-refractivity contribution is 6.34. The molecule has 6 rings (SSSR count). The van der Waals surface area contributed by atoms with E-state index in [9.17, 15) is 39.0 Å². The molecular weight excluding hydrogens is 1190 g/mol. The van der Waals surface area contributed by atoms with Gasteiger partial charge in [-0.2, -0.15) is 5.10 Å². The lowest BCUT2D eigenvalue weighted by Gasteiger charge is -2.32. The molecule has 3 heterocycles. The van der Waals surface area contributed by atoms with Gasteiger partial charge in [0.2, 0.25) is 5.91 Å². The number of ether oxygens (including phenoxy) is 8. The van der Waals surface area contributed by atoms with Crippen LogP contribution >= 0.6 is 23.2 Å². The van der Waals surface area contributed by atoms with Gasteiger partial charge in [-0.3, -0.25) is 38.8 Å². The van der Waals surface area contributed by atoms with Crippen molar-refractivity contribution in [3.63, 3.8) is 0 Å². The molecule has 1 fully saturated rings. The molecule has 0 aliphatic carbocycles. The van der Waals surface area contributed by atoms with E-state index in [2.05, 4.69) is 16.0 Å². The van der Waals surface area contributed by atoms with Crippen molar-refractivity contribution in [2.24, 2.45) is 0 Å². The summed E-state index contributed by atoms with van der Waals surface area (Å²) < 4.78 is 47.3. The Balaban J connectivity index is 0.783. The number of carbonyl (C=O) groups is 6. The minimum absolute atomic E-state index is 0.0773. The number of halogens is 2. The van der Waals surface area contributed by atoms with Crippen LogP contribution in [0.4, 0.5) is 10.5 Å². The first-order valence-corrected chi connectivity index (χ1v) is 30.0. The van der Waals surface area contributed by atoms with E-state index >= 15 is 0 Å².